The standard InChI is InChI=1S/C20H26N2O3/c1-13(2)19(23)20(24)22-15-5-7-16(8-6-15)25-17-9-10-18-14(12-17)4-3-11-21-18/h3-4,9-13,15-16,19,23H,5-8H2,1-2H3,(H,22,24). The maximum absolute atomic E-state index is 12.0. The molecule has 1 unspecified atom stereocenters. The Morgan fingerprint density at radius 1 is 1.24 bits per heavy atom. The summed E-state index contributed by atoms with van der Waals surface area (Å²) in [7, 11) is 0. The largest absolute Gasteiger partial charge is 0.490 e. The van der Waals surface area contributed by atoms with Crippen LogP contribution < -0.4 is 10.1 Å². The molecule has 1 saturated carbocycles. The van der Waals surface area contributed by atoms with Crippen molar-refractivity contribution in [2.24, 2.45) is 5.92 Å². The molecule has 2 aromatic rings. The van der Waals surface area contributed by atoms with E-state index >= 15 is 0 Å². The summed E-state index contributed by atoms with van der Waals surface area (Å²) in [5, 5.41) is 13.8. The van der Waals surface area contributed by atoms with Gasteiger partial charge in [-0.2, -0.15) is 0 Å². The zero-order valence-corrected chi connectivity index (χ0v) is 14.8. The van der Waals surface area contributed by atoms with Crippen LogP contribution in [-0.2, 0) is 4.79 Å². The van der Waals surface area contributed by atoms with Gasteiger partial charge in [0.15, 0.2) is 0 Å². The van der Waals surface area contributed by atoms with Crippen LogP contribution in [0.5, 0.6) is 5.75 Å². The summed E-state index contributed by atoms with van der Waals surface area (Å²) in [6.07, 6.45) is 4.56. The molecule has 0 saturated heterocycles. The van der Waals surface area contributed by atoms with Crippen molar-refractivity contribution in [2.45, 2.75) is 57.8 Å². The summed E-state index contributed by atoms with van der Waals surface area (Å²) in [5.41, 5.74) is 0.963. The predicted octanol–water partition coefficient (Wildman–Crippen LogP) is 3.06. The lowest BCUT2D eigenvalue weighted by Crippen LogP contribution is -2.45. The summed E-state index contributed by atoms with van der Waals surface area (Å²) >= 11 is 0. The number of aliphatic hydroxyl groups excluding tert-OH is 1. The van der Waals surface area contributed by atoms with Crippen molar-refractivity contribution in [2.75, 3.05) is 0 Å². The zero-order valence-electron chi connectivity index (χ0n) is 14.8. The number of nitrogens with one attached hydrogen (secondary N) is 1. The van der Waals surface area contributed by atoms with Crippen molar-refractivity contribution < 1.29 is 14.6 Å². The first-order valence-electron chi connectivity index (χ1n) is 9.03. The van der Waals surface area contributed by atoms with Crippen LogP contribution in [0.25, 0.3) is 10.9 Å². The van der Waals surface area contributed by atoms with Crippen LogP contribution in [0.2, 0.25) is 0 Å². The molecule has 0 bridgehead atoms. The molecule has 0 radical (unpaired) electrons. The number of hydrogen-bond acceptors (Lipinski definition) is 4. The van der Waals surface area contributed by atoms with E-state index in [4.69, 9.17) is 4.74 Å². The van der Waals surface area contributed by atoms with Crippen molar-refractivity contribution in [3.63, 3.8) is 0 Å². The summed E-state index contributed by atoms with van der Waals surface area (Å²) in [6.45, 7) is 3.68. The Labute approximate surface area is 148 Å². The third kappa shape index (κ3) is 4.48. The molecule has 2 N–H and O–H groups in total. The van der Waals surface area contributed by atoms with Gasteiger partial charge in [0.2, 0.25) is 5.91 Å². The summed E-state index contributed by atoms with van der Waals surface area (Å²) in [6, 6.07) is 10.0. The Bertz CT molecular complexity index is 724. The molecular weight excluding hydrogens is 316 g/mol. The van der Waals surface area contributed by atoms with Crippen molar-refractivity contribution in [3.05, 3.63) is 36.5 Å². The quantitative estimate of drug-likeness (QED) is 0.876. The lowest BCUT2D eigenvalue weighted by Gasteiger charge is -2.30. The van der Waals surface area contributed by atoms with Gasteiger partial charge in [0.05, 0.1) is 11.6 Å². The van der Waals surface area contributed by atoms with Crippen LogP contribution in [0.15, 0.2) is 36.5 Å². The molecule has 1 amide bonds. The molecule has 1 aromatic heterocycles. The number of carbonyl (C=O) groups is 1. The molecule has 0 aliphatic heterocycles. The number of aliphatic hydroxyl groups is 1. The first-order chi connectivity index (χ1) is 12.0. The maximum atomic E-state index is 12.0. The zero-order chi connectivity index (χ0) is 17.8. The van der Waals surface area contributed by atoms with Gasteiger partial charge >= 0.3 is 0 Å². The van der Waals surface area contributed by atoms with Crippen LogP contribution >= 0.6 is 0 Å². The van der Waals surface area contributed by atoms with Gasteiger partial charge in [-0.3, -0.25) is 9.78 Å². The lowest BCUT2D eigenvalue weighted by molar-refractivity contribution is -0.132. The maximum Gasteiger partial charge on any atom is 0.249 e. The van der Waals surface area contributed by atoms with E-state index in [0.717, 1.165) is 42.3 Å². The van der Waals surface area contributed by atoms with E-state index in [2.05, 4.69) is 10.3 Å². The minimum Gasteiger partial charge on any atom is -0.490 e. The Morgan fingerprint density at radius 2 is 2.00 bits per heavy atom. The van der Waals surface area contributed by atoms with E-state index in [1.807, 2.05) is 44.2 Å². The van der Waals surface area contributed by atoms with Gasteiger partial charge in [-0.1, -0.05) is 19.9 Å². The molecule has 0 spiro atoms. The number of nitrogens with zero attached hydrogens (tertiary/aromatic N) is 1. The molecule has 1 atom stereocenters. The van der Waals surface area contributed by atoms with E-state index < -0.39 is 6.10 Å². The number of fused-ring (bicyclic) bond motifs is 1. The van der Waals surface area contributed by atoms with Crippen LogP contribution in [0.4, 0.5) is 0 Å². The third-order valence-electron chi connectivity index (χ3n) is 4.80. The average molecular weight is 342 g/mol. The molecule has 5 heteroatoms. The Hall–Kier alpha value is -2.14. The van der Waals surface area contributed by atoms with E-state index in [1.54, 1.807) is 6.20 Å². The SMILES string of the molecule is CC(C)C(O)C(=O)NC1CCC(Oc2ccc3ncccc3c2)CC1. The number of hydrogen-bond donors (Lipinski definition) is 2. The second-order valence-corrected chi connectivity index (χ2v) is 7.15. The molecule has 25 heavy (non-hydrogen) atoms. The number of carbonyl (C=O) groups excluding carboxylic acids is 1. The van der Waals surface area contributed by atoms with Crippen molar-refractivity contribution in [1.29, 1.82) is 0 Å². The highest BCUT2D eigenvalue weighted by molar-refractivity contribution is 5.81. The fourth-order valence-corrected chi connectivity index (χ4v) is 3.23. The molecule has 1 aliphatic carbocycles. The molecule has 3 rings (SSSR count). The predicted molar refractivity (Wildman–Crippen MR) is 97.4 cm³/mol. The molecule has 1 fully saturated rings. The second kappa shape index (κ2) is 7.83. The van der Waals surface area contributed by atoms with Crippen molar-refractivity contribution >= 4 is 16.8 Å². The van der Waals surface area contributed by atoms with Gasteiger partial charge in [0.1, 0.15) is 11.9 Å². The van der Waals surface area contributed by atoms with Gasteiger partial charge < -0.3 is 15.2 Å². The number of amides is 1. The van der Waals surface area contributed by atoms with Gasteiger partial charge in [-0.05, 0) is 55.9 Å². The molecule has 1 aromatic carbocycles. The Kier molecular flexibility index (Phi) is 5.53. The Morgan fingerprint density at radius 3 is 2.72 bits per heavy atom. The number of pyridine rings is 1. The van der Waals surface area contributed by atoms with Gasteiger partial charge in [-0.15, -0.1) is 0 Å². The number of benzene rings is 1. The lowest BCUT2D eigenvalue weighted by atomic mass is 9.92. The van der Waals surface area contributed by atoms with Gasteiger partial charge in [0, 0.05) is 17.6 Å². The van der Waals surface area contributed by atoms with Crippen LogP contribution in [-0.4, -0.2) is 34.2 Å². The molecule has 1 aliphatic rings. The molecule has 5 nitrogen and oxygen atoms in total. The van der Waals surface area contributed by atoms with E-state index in [1.165, 1.54) is 0 Å². The third-order valence-corrected chi connectivity index (χ3v) is 4.80. The normalized spacial score (nSPS) is 21.9. The summed E-state index contributed by atoms with van der Waals surface area (Å²) in [5.74, 6) is 0.534. The van der Waals surface area contributed by atoms with Gasteiger partial charge in [0.25, 0.3) is 0 Å². The topological polar surface area (TPSA) is 71.5 Å². The average Bonchev–Trinajstić information content (AvgIpc) is 2.62. The monoisotopic (exact) mass is 342 g/mol. The van der Waals surface area contributed by atoms with Crippen LogP contribution in [0, 0.1) is 5.92 Å². The fraction of sp³-hybridized carbons (Fsp3) is 0.500. The van der Waals surface area contributed by atoms with Crippen molar-refractivity contribution in [3.8, 4) is 5.75 Å². The molecular formula is C20H26N2O3. The minimum absolute atomic E-state index is 0.0675. The fourth-order valence-electron chi connectivity index (χ4n) is 3.23. The van der Waals surface area contributed by atoms with Crippen molar-refractivity contribution in [1.82, 2.24) is 10.3 Å². The van der Waals surface area contributed by atoms with Crippen LogP contribution in [0.3, 0.4) is 0 Å². The molecule has 134 valence electrons. The summed E-state index contributed by atoms with van der Waals surface area (Å²) in [4.78, 5) is 16.3. The smallest absolute Gasteiger partial charge is 0.249 e. The highest BCUT2D eigenvalue weighted by Crippen LogP contribution is 2.26. The van der Waals surface area contributed by atoms with E-state index in [-0.39, 0.29) is 24.0 Å². The number of aromatic nitrogens is 1. The van der Waals surface area contributed by atoms with Crippen LogP contribution in [0.1, 0.15) is 39.5 Å². The molecule has 1 heterocycles. The number of ether oxygens (including phenoxy) is 1. The number of rotatable bonds is 5. The summed E-state index contributed by atoms with van der Waals surface area (Å²) < 4.78 is 6.11. The minimum atomic E-state index is -0.930. The highest BCUT2D eigenvalue weighted by atomic mass is 16.5. The first kappa shape index (κ1) is 17.7. The highest BCUT2D eigenvalue weighted by Gasteiger charge is 2.26. The second-order valence-electron chi connectivity index (χ2n) is 7.15. The van der Waals surface area contributed by atoms with E-state index in [9.17, 15) is 9.90 Å². The van der Waals surface area contributed by atoms with Gasteiger partial charge in [-0.25, -0.2) is 0 Å². The van der Waals surface area contributed by atoms with E-state index in [0.29, 0.717) is 0 Å². The first-order valence-corrected chi connectivity index (χ1v) is 9.03. The Balaban J connectivity index is 1.51.